The van der Waals surface area contributed by atoms with Gasteiger partial charge in [0.05, 0.1) is 11.9 Å². The number of aryl methyl sites for hydroxylation is 1. The van der Waals surface area contributed by atoms with Crippen LogP contribution in [0.1, 0.15) is 29.4 Å². The summed E-state index contributed by atoms with van der Waals surface area (Å²) in [4.78, 5) is 17.8. The molecule has 0 aliphatic rings. The van der Waals surface area contributed by atoms with Crippen LogP contribution < -0.4 is 4.90 Å². The first kappa shape index (κ1) is 13.3. The van der Waals surface area contributed by atoms with Gasteiger partial charge in [-0.2, -0.15) is 0 Å². The predicted octanol–water partition coefficient (Wildman–Crippen LogP) is 3.75. The van der Waals surface area contributed by atoms with Gasteiger partial charge in [-0.15, -0.1) is 0 Å². The number of ketones is 1. The Kier molecular flexibility index (Phi) is 3.95. The van der Waals surface area contributed by atoms with Gasteiger partial charge < -0.3 is 4.90 Å². The van der Waals surface area contributed by atoms with Gasteiger partial charge in [-0.1, -0.05) is 25.1 Å². The van der Waals surface area contributed by atoms with Gasteiger partial charge in [-0.05, 0) is 30.7 Å². The first-order valence-corrected chi connectivity index (χ1v) is 6.42. The van der Waals surface area contributed by atoms with E-state index in [4.69, 9.17) is 0 Å². The van der Waals surface area contributed by atoms with E-state index in [1.807, 2.05) is 32.2 Å². The van der Waals surface area contributed by atoms with E-state index in [1.165, 1.54) is 5.56 Å². The van der Waals surface area contributed by atoms with Crippen LogP contribution in [-0.2, 0) is 0 Å². The molecule has 0 fully saturated rings. The third kappa shape index (κ3) is 2.81. The minimum Gasteiger partial charge on any atom is -0.343 e. The van der Waals surface area contributed by atoms with Crippen LogP contribution >= 0.6 is 0 Å². The highest BCUT2D eigenvalue weighted by atomic mass is 16.1. The second kappa shape index (κ2) is 5.65. The smallest absolute Gasteiger partial charge is 0.180 e. The average Bonchev–Trinajstić information content (AvgIpc) is 2.46. The number of anilines is 2. The van der Waals surface area contributed by atoms with Crippen molar-refractivity contribution in [2.45, 2.75) is 20.3 Å². The molecule has 0 amide bonds. The SMILES string of the molecule is CCC(=O)c1ccc(N(C)c2ccccc2C)cn1. The van der Waals surface area contributed by atoms with Crippen molar-refractivity contribution in [1.29, 1.82) is 0 Å². The number of para-hydroxylation sites is 1. The first-order chi connectivity index (χ1) is 9.13. The van der Waals surface area contributed by atoms with E-state index in [-0.39, 0.29) is 5.78 Å². The van der Waals surface area contributed by atoms with Crippen molar-refractivity contribution >= 4 is 17.2 Å². The zero-order chi connectivity index (χ0) is 13.8. The van der Waals surface area contributed by atoms with E-state index in [9.17, 15) is 4.79 Å². The molecule has 0 unspecified atom stereocenters. The highest BCUT2D eigenvalue weighted by Gasteiger charge is 2.09. The molecule has 1 aromatic heterocycles. The minimum absolute atomic E-state index is 0.0742. The van der Waals surface area contributed by atoms with Gasteiger partial charge in [0.2, 0.25) is 0 Å². The molecule has 2 aromatic rings. The summed E-state index contributed by atoms with van der Waals surface area (Å²) >= 11 is 0. The third-order valence-electron chi connectivity index (χ3n) is 3.22. The highest BCUT2D eigenvalue weighted by Crippen LogP contribution is 2.25. The Morgan fingerprint density at radius 2 is 1.95 bits per heavy atom. The molecule has 19 heavy (non-hydrogen) atoms. The van der Waals surface area contributed by atoms with Crippen LogP contribution in [0, 0.1) is 6.92 Å². The molecule has 0 aliphatic carbocycles. The maximum Gasteiger partial charge on any atom is 0.180 e. The molecular weight excluding hydrogens is 236 g/mol. The van der Waals surface area contributed by atoms with Gasteiger partial charge in [0.1, 0.15) is 5.69 Å². The fraction of sp³-hybridized carbons (Fsp3) is 0.250. The van der Waals surface area contributed by atoms with Crippen LogP contribution in [0.15, 0.2) is 42.6 Å². The van der Waals surface area contributed by atoms with Gasteiger partial charge in [0.15, 0.2) is 5.78 Å². The molecule has 1 heterocycles. The molecule has 0 N–H and O–H groups in total. The summed E-state index contributed by atoms with van der Waals surface area (Å²) in [5.41, 5.74) is 3.85. The van der Waals surface area contributed by atoms with E-state index in [0.717, 1.165) is 11.4 Å². The van der Waals surface area contributed by atoms with Crippen LogP contribution in [0.5, 0.6) is 0 Å². The van der Waals surface area contributed by atoms with Crippen LogP contribution in [0.2, 0.25) is 0 Å². The Labute approximate surface area is 113 Å². The summed E-state index contributed by atoms with van der Waals surface area (Å²) in [5, 5.41) is 0. The van der Waals surface area contributed by atoms with Crippen LogP contribution in [0.4, 0.5) is 11.4 Å². The molecule has 0 bridgehead atoms. The summed E-state index contributed by atoms with van der Waals surface area (Å²) in [5.74, 6) is 0.0742. The van der Waals surface area contributed by atoms with E-state index in [0.29, 0.717) is 12.1 Å². The van der Waals surface area contributed by atoms with Crippen molar-refractivity contribution < 1.29 is 4.79 Å². The molecule has 3 nitrogen and oxygen atoms in total. The lowest BCUT2D eigenvalue weighted by Crippen LogP contribution is -2.11. The monoisotopic (exact) mass is 254 g/mol. The summed E-state index contributed by atoms with van der Waals surface area (Å²) in [6.45, 7) is 3.92. The normalized spacial score (nSPS) is 10.3. The molecule has 0 saturated heterocycles. The number of benzene rings is 1. The summed E-state index contributed by atoms with van der Waals surface area (Å²) < 4.78 is 0. The van der Waals surface area contributed by atoms with Crippen molar-refractivity contribution in [3.05, 3.63) is 53.9 Å². The van der Waals surface area contributed by atoms with E-state index in [1.54, 1.807) is 12.3 Å². The van der Waals surface area contributed by atoms with E-state index >= 15 is 0 Å². The van der Waals surface area contributed by atoms with E-state index < -0.39 is 0 Å². The Morgan fingerprint density at radius 1 is 1.21 bits per heavy atom. The number of carbonyl (C=O) groups is 1. The Hall–Kier alpha value is -2.16. The molecular formula is C16H18N2O. The summed E-state index contributed by atoms with van der Waals surface area (Å²) in [7, 11) is 2.00. The molecule has 2 rings (SSSR count). The van der Waals surface area contributed by atoms with Crippen molar-refractivity contribution in [1.82, 2.24) is 4.98 Å². The molecule has 1 aromatic carbocycles. The molecule has 3 heteroatoms. The van der Waals surface area contributed by atoms with Gasteiger partial charge in [0, 0.05) is 19.2 Å². The number of hydrogen-bond acceptors (Lipinski definition) is 3. The average molecular weight is 254 g/mol. The Morgan fingerprint density at radius 3 is 2.53 bits per heavy atom. The number of Topliss-reactive ketones (excluding diaryl/α,β-unsaturated/α-hetero) is 1. The lowest BCUT2D eigenvalue weighted by Gasteiger charge is -2.21. The second-order valence-electron chi connectivity index (χ2n) is 4.52. The fourth-order valence-electron chi connectivity index (χ4n) is 2.01. The van der Waals surface area contributed by atoms with Crippen molar-refractivity contribution in [2.75, 3.05) is 11.9 Å². The Bertz CT molecular complexity index is 576. The molecule has 0 radical (unpaired) electrons. The largest absolute Gasteiger partial charge is 0.343 e. The second-order valence-corrected chi connectivity index (χ2v) is 4.52. The minimum atomic E-state index is 0.0742. The zero-order valence-corrected chi connectivity index (χ0v) is 11.6. The zero-order valence-electron chi connectivity index (χ0n) is 11.6. The van der Waals surface area contributed by atoms with Crippen molar-refractivity contribution in [3.63, 3.8) is 0 Å². The molecule has 0 spiro atoms. The predicted molar refractivity (Wildman–Crippen MR) is 78.1 cm³/mol. The number of pyridine rings is 1. The number of hydrogen-bond donors (Lipinski definition) is 0. The van der Waals surface area contributed by atoms with Gasteiger partial charge in [0.25, 0.3) is 0 Å². The van der Waals surface area contributed by atoms with Gasteiger partial charge in [-0.25, -0.2) is 0 Å². The summed E-state index contributed by atoms with van der Waals surface area (Å²) in [6, 6.07) is 11.9. The molecule has 0 aliphatic heterocycles. The highest BCUT2D eigenvalue weighted by molar-refractivity contribution is 5.94. The third-order valence-corrected chi connectivity index (χ3v) is 3.22. The van der Waals surface area contributed by atoms with Crippen molar-refractivity contribution in [2.24, 2.45) is 0 Å². The van der Waals surface area contributed by atoms with Crippen LogP contribution in [-0.4, -0.2) is 17.8 Å². The standard InChI is InChI=1S/C16H18N2O/c1-4-16(19)14-10-9-13(11-17-14)18(3)15-8-6-5-7-12(15)2/h5-11H,4H2,1-3H3. The lowest BCUT2D eigenvalue weighted by atomic mass is 10.1. The van der Waals surface area contributed by atoms with E-state index in [2.05, 4.69) is 28.9 Å². The first-order valence-electron chi connectivity index (χ1n) is 6.42. The molecule has 0 saturated carbocycles. The fourth-order valence-corrected chi connectivity index (χ4v) is 2.01. The number of carbonyl (C=O) groups excluding carboxylic acids is 1. The van der Waals surface area contributed by atoms with Crippen LogP contribution in [0.25, 0.3) is 0 Å². The molecule has 0 atom stereocenters. The quantitative estimate of drug-likeness (QED) is 0.779. The molecule has 98 valence electrons. The maximum absolute atomic E-state index is 11.5. The number of nitrogens with zero attached hydrogens (tertiary/aromatic N) is 2. The van der Waals surface area contributed by atoms with Gasteiger partial charge >= 0.3 is 0 Å². The van der Waals surface area contributed by atoms with Crippen molar-refractivity contribution in [3.8, 4) is 0 Å². The van der Waals surface area contributed by atoms with Crippen LogP contribution in [0.3, 0.4) is 0 Å². The van der Waals surface area contributed by atoms with Gasteiger partial charge in [-0.3, -0.25) is 9.78 Å². The Balaban J connectivity index is 2.28. The number of aromatic nitrogens is 1. The topological polar surface area (TPSA) is 33.2 Å². The maximum atomic E-state index is 11.5. The number of rotatable bonds is 4. The summed E-state index contributed by atoms with van der Waals surface area (Å²) in [6.07, 6.45) is 2.23. The lowest BCUT2D eigenvalue weighted by molar-refractivity contribution is 0.0983.